The first-order valence-corrected chi connectivity index (χ1v) is 8.90. The summed E-state index contributed by atoms with van der Waals surface area (Å²) in [6.45, 7) is 4.08. The van der Waals surface area contributed by atoms with Crippen molar-refractivity contribution in [2.75, 3.05) is 24.5 Å². The molecule has 0 N–H and O–H groups in total. The topological polar surface area (TPSA) is 49.6 Å². The van der Waals surface area contributed by atoms with Gasteiger partial charge in [0.2, 0.25) is 11.8 Å². The van der Waals surface area contributed by atoms with Crippen molar-refractivity contribution < 1.29 is 13.6 Å². The number of carbonyl (C=O) groups excluding carboxylic acids is 1. The fourth-order valence-electron chi connectivity index (χ4n) is 3.27. The van der Waals surface area contributed by atoms with Crippen LogP contribution < -0.4 is 4.90 Å². The van der Waals surface area contributed by atoms with Gasteiger partial charge in [0.15, 0.2) is 0 Å². The van der Waals surface area contributed by atoms with Gasteiger partial charge in [-0.25, -0.2) is 9.37 Å². The van der Waals surface area contributed by atoms with E-state index in [2.05, 4.69) is 9.88 Å². The summed E-state index contributed by atoms with van der Waals surface area (Å²) in [6.07, 6.45) is 0. The van der Waals surface area contributed by atoms with Crippen molar-refractivity contribution in [2.45, 2.75) is 13.5 Å². The molecular weight excluding hydrogens is 345 g/mol. The Morgan fingerprint density at radius 2 is 1.93 bits per heavy atom. The Morgan fingerprint density at radius 3 is 2.67 bits per heavy atom. The lowest BCUT2D eigenvalue weighted by Crippen LogP contribution is -2.50. The fourth-order valence-corrected chi connectivity index (χ4v) is 3.27. The van der Waals surface area contributed by atoms with Crippen molar-refractivity contribution in [1.29, 1.82) is 0 Å². The summed E-state index contributed by atoms with van der Waals surface area (Å²) >= 11 is 0. The molecule has 0 atom stereocenters. The van der Waals surface area contributed by atoms with Gasteiger partial charge in [0.1, 0.15) is 11.6 Å². The molecule has 6 heteroatoms. The number of rotatable bonds is 4. The number of carbonyl (C=O) groups is 1. The van der Waals surface area contributed by atoms with Gasteiger partial charge in [-0.2, -0.15) is 0 Å². The standard InChI is InChI=1S/C21H20FN3O2/c1-15-19(23-21(27-15)16-6-5-7-17(22)12-16)13-24-10-11-25(20(26)14-24)18-8-3-2-4-9-18/h2-9,12H,10-11,13-14H2,1H3. The number of amides is 1. The van der Waals surface area contributed by atoms with Gasteiger partial charge in [0.25, 0.3) is 0 Å². The lowest BCUT2D eigenvalue weighted by molar-refractivity contribution is -0.121. The maximum Gasteiger partial charge on any atom is 0.241 e. The number of halogens is 1. The molecule has 1 fully saturated rings. The van der Waals surface area contributed by atoms with Gasteiger partial charge in [0.05, 0.1) is 12.2 Å². The molecule has 1 saturated heterocycles. The Bertz CT molecular complexity index is 955. The van der Waals surface area contributed by atoms with Crippen molar-refractivity contribution >= 4 is 11.6 Å². The maximum absolute atomic E-state index is 13.4. The molecule has 0 saturated carbocycles. The summed E-state index contributed by atoms with van der Waals surface area (Å²) in [5, 5.41) is 0. The number of benzene rings is 2. The molecule has 4 rings (SSSR count). The minimum Gasteiger partial charge on any atom is -0.441 e. The molecule has 1 amide bonds. The number of aryl methyl sites for hydroxylation is 1. The molecule has 2 aromatic carbocycles. The third kappa shape index (κ3) is 3.75. The van der Waals surface area contributed by atoms with E-state index in [1.807, 2.05) is 42.2 Å². The van der Waals surface area contributed by atoms with E-state index in [1.165, 1.54) is 12.1 Å². The number of anilines is 1. The number of nitrogens with zero attached hydrogens (tertiary/aromatic N) is 3. The summed E-state index contributed by atoms with van der Waals surface area (Å²) in [7, 11) is 0. The predicted molar refractivity (Wildman–Crippen MR) is 101 cm³/mol. The van der Waals surface area contributed by atoms with E-state index < -0.39 is 0 Å². The summed E-state index contributed by atoms with van der Waals surface area (Å²) < 4.78 is 19.1. The van der Waals surface area contributed by atoms with Crippen LogP contribution in [0.3, 0.4) is 0 Å². The van der Waals surface area contributed by atoms with Gasteiger partial charge in [-0.1, -0.05) is 24.3 Å². The summed E-state index contributed by atoms with van der Waals surface area (Å²) in [4.78, 5) is 20.9. The SMILES string of the molecule is Cc1oc(-c2cccc(F)c2)nc1CN1CCN(c2ccccc2)C(=O)C1. The van der Waals surface area contributed by atoms with E-state index in [1.54, 1.807) is 12.1 Å². The molecule has 1 aliphatic heterocycles. The fraction of sp³-hybridized carbons (Fsp3) is 0.238. The number of para-hydroxylation sites is 1. The molecule has 3 aromatic rings. The minimum atomic E-state index is -0.326. The molecule has 138 valence electrons. The highest BCUT2D eigenvalue weighted by Gasteiger charge is 2.26. The first-order chi connectivity index (χ1) is 13.1. The smallest absolute Gasteiger partial charge is 0.241 e. The van der Waals surface area contributed by atoms with Crippen LogP contribution in [0.1, 0.15) is 11.5 Å². The quantitative estimate of drug-likeness (QED) is 0.708. The third-order valence-electron chi connectivity index (χ3n) is 4.71. The van der Waals surface area contributed by atoms with Gasteiger partial charge in [-0.15, -0.1) is 0 Å². The zero-order valence-corrected chi connectivity index (χ0v) is 15.1. The van der Waals surface area contributed by atoms with Crippen molar-refractivity contribution in [1.82, 2.24) is 9.88 Å². The molecule has 0 bridgehead atoms. The number of hydrogen-bond acceptors (Lipinski definition) is 4. The number of oxazole rings is 1. The first-order valence-electron chi connectivity index (χ1n) is 8.90. The van der Waals surface area contributed by atoms with Gasteiger partial charge in [-0.3, -0.25) is 9.69 Å². The second kappa shape index (κ2) is 7.32. The average Bonchev–Trinajstić information content (AvgIpc) is 3.03. The second-order valence-electron chi connectivity index (χ2n) is 6.62. The van der Waals surface area contributed by atoms with Crippen LogP contribution in [0.4, 0.5) is 10.1 Å². The Kier molecular flexibility index (Phi) is 4.73. The number of aromatic nitrogens is 1. The van der Waals surface area contributed by atoms with Crippen LogP contribution in [0.25, 0.3) is 11.5 Å². The third-order valence-corrected chi connectivity index (χ3v) is 4.71. The molecule has 27 heavy (non-hydrogen) atoms. The first kappa shape index (κ1) is 17.4. The lowest BCUT2D eigenvalue weighted by Gasteiger charge is -2.34. The largest absolute Gasteiger partial charge is 0.441 e. The normalized spacial score (nSPS) is 15.3. The van der Waals surface area contributed by atoms with E-state index in [0.717, 1.165) is 17.9 Å². The Labute approximate surface area is 157 Å². The molecule has 1 aromatic heterocycles. The molecule has 0 unspecified atom stereocenters. The maximum atomic E-state index is 13.4. The highest BCUT2D eigenvalue weighted by atomic mass is 19.1. The van der Waals surface area contributed by atoms with E-state index in [9.17, 15) is 9.18 Å². The van der Waals surface area contributed by atoms with Crippen molar-refractivity contribution in [2.24, 2.45) is 0 Å². The highest BCUT2D eigenvalue weighted by Crippen LogP contribution is 2.24. The zero-order valence-electron chi connectivity index (χ0n) is 15.1. The Balaban J connectivity index is 1.45. The van der Waals surface area contributed by atoms with Gasteiger partial charge in [0, 0.05) is 30.9 Å². The molecule has 0 radical (unpaired) electrons. The number of piperazine rings is 1. The van der Waals surface area contributed by atoms with Crippen LogP contribution in [-0.2, 0) is 11.3 Å². The van der Waals surface area contributed by atoms with Crippen LogP contribution in [0.2, 0.25) is 0 Å². The van der Waals surface area contributed by atoms with Crippen LogP contribution in [0, 0.1) is 12.7 Å². The average molecular weight is 365 g/mol. The van der Waals surface area contributed by atoms with E-state index in [-0.39, 0.29) is 11.7 Å². The van der Waals surface area contributed by atoms with Crippen LogP contribution in [0.15, 0.2) is 59.0 Å². The molecular formula is C21H20FN3O2. The lowest BCUT2D eigenvalue weighted by atomic mass is 10.2. The highest BCUT2D eigenvalue weighted by molar-refractivity contribution is 5.95. The van der Waals surface area contributed by atoms with Gasteiger partial charge < -0.3 is 9.32 Å². The molecule has 1 aliphatic rings. The monoisotopic (exact) mass is 365 g/mol. The minimum absolute atomic E-state index is 0.0685. The van der Waals surface area contributed by atoms with Gasteiger partial charge >= 0.3 is 0 Å². The summed E-state index contributed by atoms with van der Waals surface area (Å²) in [6, 6.07) is 15.9. The van der Waals surface area contributed by atoms with Crippen LogP contribution in [-0.4, -0.2) is 35.4 Å². The van der Waals surface area contributed by atoms with Crippen molar-refractivity contribution in [3.8, 4) is 11.5 Å². The predicted octanol–water partition coefficient (Wildman–Crippen LogP) is 3.64. The van der Waals surface area contributed by atoms with Crippen LogP contribution >= 0.6 is 0 Å². The Morgan fingerprint density at radius 1 is 1.11 bits per heavy atom. The molecule has 0 spiro atoms. The van der Waals surface area contributed by atoms with E-state index in [4.69, 9.17) is 4.42 Å². The number of hydrogen-bond donors (Lipinski definition) is 0. The van der Waals surface area contributed by atoms with E-state index in [0.29, 0.717) is 36.8 Å². The Hall–Kier alpha value is -2.99. The molecule has 2 heterocycles. The molecule has 5 nitrogen and oxygen atoms in total. The molecule has 0 aliphatic carbocycles. The van der Waals surface area contributed by atoms with Crippen molar-refractivity contribution in [3.05, 3.63) is 71.9 Å². The summed E-state index contributed by atoms with van der Waals surface area (Å²) in [5.41, 5.74) is 2.30. The van der Waals surface area contributed by atoms with Crippen molar-refractivity contribution in [3.63, 3.8) is 0 Å². The van der Waals surface area contributed by atoms with E-state index >= 15 is 0 Å². The summed E-state index contributed by atoms with van der Waals surface area (Å²) in [5.74, 6) is 0.829. The van der Waals surface area contributed by atoms with Gasteiger partial charge in [-0.05, 0) is 37.3 Å². The van der Waals surface area contributed by atoms with Crippen LogP contribution in [0.5, 0.6) is 0 Å². The second-order valence-corrected chi connectivity index (χ2v) is 6.62. The zero-order chi connectivity index (χ0) is 18.8.